The molecule has 1 saturated heterocycles. The van der Waals surface area contributed by atoms with E-state index in [-0.39, 0.29) is 18.6 Å². The summed E-state index contributed by atoms with van der Waals surface area (Å²) in [5, 5.41) is 1.34. The number of piperidine rings is 1. The lowest BCUT2D eigenvalue weighted by molar-refractivity contribution is -0.137. The molecule has 0 aliphatic carbocycles. The van der Waals surface area contributed by atoms with E-state index < -0.39 is 0 Å². The third-order valence-corrected chi connectivity index (χ3v) is 4.77. The molecule has 138 valence electrons. The maximum Gasteiger partial charge on any atom is 0.260 e. The first-order valence-corrected chi connectivity index (χ1v) is 9.38. The summed E-state index contributed by atoms with van der Waals surface area (Å²) in [7, 11) is 0. The predicted molar refractivity (Wildman–Crippen MR) is 103 cm³/mol. The molecule has 0 spiro atoms. The van der Waals surface area contributed by atoms with Crippen molar-refractivity contribution < 1.29 is 14.3 Å². The second-order valence-electron chi connectivity index (χ2n) is 6.29. The second kappa shape index (κ2) is 9.26. The Morgan fingerprint density at radius 1 is 1.12 bits per heavy atom. The highest BCUT2D eigenvalue weighted by Crippen LogP contribution is 2.18. The summed E-state index contributed by atoms with van der Waals surface area (Å²) in [6.07, 6.45) is 1.90. The summed E-state index contributed by atoms with van der Waals surface area (Å²) in [6.45, 7) is 1.83. The van der Waals surface area contributed by atoms with Crippen LogP contribution in [-0.2, 0) is 16.1 Å². The molecule has 1 aliphatic rings. The van der Waals surface area contributed by atoms with Gasteiger partial charge in [0.25, 0.3) is 5.91 Å². The molecular formula is C20H21Cl2NO3. The minimum absolute atomic E-state index is 0.0165. The van der Waals surface area contributed by atoms with E-state index in [9.17, 15) is 4.79 Å². The normalized spacial score (nSPS) is 17.2. The highest BCUT2D eigenvalue weighted by Gasteiger charge is 2.24. The fourth-order valence-corrected chi connectivity index (χ4v) is 3.25. The Balaban J connectivity index is 1.46. The molecule has 4 nitrogen and oxygen atoms in total. The smallest absolute Gasteiger partial charge is 0.260 e. The number of hydrogen-bond acceptors (Lipinski definition) is 3. The van der Waals surface area contributed by atoms with Crippen LogP contribution in [0.1, 0.15) is 18.4 Å². The topological polar surface area (TPSA) is 38.8 Å². The Labute approximate surface area is 163 Å². The van der Waals surface area contributed by atoms with Crippen LogP contribution in [0.5, 0.6) is 5.75 Å². The molecule has 0 N–H and O–H groups in total. The van der Waals surface area contributed by atoms with E-state index in [1.54, 1.807) is 24.3 Å². The van der Waals surface area contributed by atoms with Gasteiger partial charge in [-0.25, -0.2) is 0 Å². The van der Waals surface area contributed by atoms with E-state index in [2.05, 4.69) is 0 Å². The van der Waals surface area contributed by atoms with Crippen molar-refractivity contribution in [3.05, 3.63) is 64.1 Å². The average Bonchev–Trinajstić information content (AvgIpc) is 2.66. The zero-order valence-electron chi connectivity index (χ0n) is 14.4. The number of amides is 1. The molecule has 1 amide bonds. The summed E-state index contributed by atoms with van der Waals surface area (Å²) in [4.78, 5) is 14.2. The first kappa shape index (κ1) is 19.0. The maximum atomic E-state index is 12.4. The van der Waals surface area contributed by atoms with Crippen LogP contribution in [0.15, 0.2) is 48.5 Å². The lowest BCUT2D eigenvalue weighted by Crippen LogP contribution is -2.45. The van der Waals surface area contributed by atoms with Crippen LogP contribution in [-0.4, -0.2) is 36.6 Å². The van der Waals surface area contributed by atoms with Gasteiger partial charge >= 0.3 is 0 Å². The number of carbonyl (C=O) groups is 1. The minimum atomic E-state index is -0.0315. The predicted octanol–water partition coefficient (Wildman–Crippen LogP) is 4.58. The van der Waals surface area contributed by atoms with E-state index in [1.165, 1.54) is 0 Å². The highest BCUT2D eigenvalue weighted by molar-refractivity contribution is 6.30. The number of carbonyl (C=O) groups excluding carboxylic acids is 1. The molecular weight excluding hydrogens is 373 g/mol. The summed E-state index contributed by atoms with van der Waals surface area (Å²) in [5.74, 6) is 0.601. The lowest BCUT2D eigenvalue weighted by Gasteiger charge is -2.32. The number of nitrogens with zero attached hydrogens (tertiary/aromatic N) is 1. The largest absolute Gasteiger partial charge is 0.484 e. The van der Waals surface area contributed by atoms with E-state index in [4.69, 9.17) is 32.7 Å². The summed E-state index contributed by atoms with van der Waals surface area (Å²) < 4.78 is 11.5. The van der Waals surface area contributed by atoms with Crippen molar-refractivity contribution in [2.75, 3.05) is 19.7 Å². The molecule has 1 aliphatic heterocycles. The van der Waals surface area contributed by atoms with E-state index in [1.807, 2.05) is 29.2 Å². The summed E-state index contributed by atoms with van der Waals surface area (Å²) in [5.41, 5.74) is 1.03. The van der Waals surface area contributed by atoms with Gasteiger partial charge in [-0.3, -0.25) is 4.79 Å². The molecule has 0 radical (unpaired) electrons. The van der Waals surface area contributed by atoms with E-state index in [0.29, 0.717) is 28.9 Å². The molecule has 6 heteroatoms. The Morgan fingerprint density at radius 2 is 1.92 bits per heavy atom. The monoisotopic (exact) mass is 393 g/mol. The summed E-state index contributed by atoms with van der Waals surface area (Å²) >= 11 is 11.8. The summed E-state index contributed by atoms with van der Waals surface area (Å²) in [6, 6.07) is 14.6. The van der Waals surface area contributed by atoms with Crippen molar-refractivity contribution in [1.29, 1.82) is 0 Å². The Hall–Kier alpha value is -1.75. The van der Waals surface area contributed by atoms with Crippen LogP contribution in [0.4, 0.5) is 0 Å². The van der Waals surface area contributed by atoms with Crippen LogP contribution < -0.4 is 4.74 Å². The van der Waals surface area contributed by atoms with Crippen LogP contribution in [0.25, 0.3) is 0 Å². The SMILES string of the molecule is O=C(COc1ccc(Cl)cc1)N1CCCC(OCc2cccc(Cl)c2)C1. The van der Waals surface area contributed by atoms with E-state index >= 15 is 0 Å². The van der Waals surface area contributed by atoms with Crippen molar-refractivity contribution >= 4 is 29.1 Å². The van der Waals surface area contributed by atoms with Gasteiger partial charge in [0.05, 0.1) is 12.7 Å². The molecule has 1 atom stereocenters. The lowest BCUT2D eigenvalue weighted by atomic mass is 10.1. The fourth-order valence-electron chi connectivity index (χ4n) is 2.91. The van der Waals surface area contributed by atoms with Gasteiger partial charge in [0, 0.05) is 23.1 Å². The van der Waals surface area contributed by atoms with Gasteiger partial charge in [0.1, 0.15) is 5.75 Å². The minimum Gasteiger partial charge on any atom is -0.484 e. The quantitative estimate of drug-likeness (QED) is 0.720. The van der Waals surface area contributed by atoms with Crippen molar-refractivity contribution in [2.24, 2.45) is 0 Å². The number of benzene rings is 2. The molecule has 0 saturated carbocycles. The zero-order chi connectivity index (χ0) is 18.4. The maximum absolute atomic E-state index is 12.4. The third-order valence-electron chi connectivity index (χ3n) is 4.28. The number of halogens is 2. The molecule has 1 fully saturated rings. The molecule has 1 unspecified atom stereocenters. The van der Waals surface area contributed by atoms with Gasteiger partial charge in [0.2, 0.25) is 0 Å². The molecule has 2 aromatic carbocycles. The second-order valence-corrected chi connectivity index (χ2v) is 7.16. The van der Waals surface area contributed by atoms with E-state index in [0.717, 1.165) is 24.9 Å². The van der Waals surface area contributed by atoms with Crippen molar-refractivity contribution in [3.8, 4) is 5.75 Å². The van der Waals surface area contributed by atoms with Crippen LogP contribution >= 0.6 is 23.2 Å². The number of ether oxygens (including phenoxy) is 2. The average molecular weight is 394 g/mol. The number of hydrogen-bond donors (Lipinski definition) is 0. The third kappa shape index (κ3) is 5.63. The van der Waals surface area contributed by atoms with Crippen LogP contribution in [0.2, 0.25) is 10.0 Å². The fraction of sp³-hybridized carbons (Fsp3) is 0.350. The van der Waals surface area contributed by atoms with Gasteiger partial charge in [-0.15, -0.1) is 0 Å². The van der Waals surface area contributed by atoms with Gasteiger partial charge in [-0.1, -0.05) is 35.3 Å². The van der Waals surface area contributed by atoms with Gasteiger partial charge in [-0.2, -0.15) is 0 Å². The molecule has 26 heavy (non-hydrogen) atoms. The Morgan fingerprint density at radius 3 is 2.69 bits per heavy atom. The van der Waals surface area contributed by atoms with Gasteiger partial charge < -0.3 is 14.4 Å². The molecule has 3 rings (SSSR count). The number of rotatable bonds is 6. The molecule has 0 bridgehead atoms. The number of likely N-dealkylation sites (tertiary alicyclic amines) is 1. The highest BCUT2D eigenvalue weighted by atomic mass is 35.5. The van der Waals surface area contributed by atoms with Crippen molar-refractivity contribution in [2.45, 2.75) is 25.6 Å². The van der Waals surface area contributed by atoms with Crippen molar-refractivity contribution in [1.82, 2.24) is 4.90 Å². The first-order valence-electron chi connectivity index (χ1n) is 8.62. The Bertz CT molecular complexity index is 736. The molecule has 2 aromatic rings. The van der Waals surface area contributed by atoms with Gasteiger partial charge in [-0.05, 0) is 54.8 Å². The standard InChI is InChI=1S/C20H21Cl2NO3/c21-16-6-8-18(9-7-16)26-14-20(24)23-10-2-5-19(12-23)25-13-15-3-1-4-17(22)11-15/h1,3-4,6-9,11,19H,2,5,10,12-14H2. The van der Waals surface area contributed by atoms with Crippen LogP contribution in [0.3, 0.4) is 0 Å². The molecule has 1 heterocycles. The zero-order valence-corrected chi connectivity index (χ0v) is 15.9. The van der Waals surface area contributed by atoms with Crippen molar-refractivity contribution in [3.63, 3.8) is 0 Å². The first-order chi connectivity index (χ1) is 12.6. The molecule has 0 aromatic heterocycles. The Kier molecular flexibility index (Phi) is 6.78. The van der Waals surface area contributed by atoms with Crippen LogP contribution in [0, 0.1) is 0 Å². The van der Waals surface area contributed by atoms with Gasteiger partial charge in [0.15, 0.2) is 6.61 Å².